The second-order valence-electron chi connectivity index (χ2n) is 5.70. The van der Waals surface area contributed by atoms with Gasteiger partial charge in [-0.2, -0.15) is 0 Å². The van der Waals surface area contributed by atoms with Gasteiger partial charge in [-0.25, -0.2) is 4.79 Å². The van der Waals surface area contributed by atoms with Crippen molar-refractivity contribution < 1.29 is 19.1 Å². The summed E-state index contributed by atoms with van der Waals surface area (Å²) in [5.41, 5.74) is -0.457. The Balaban J connectivity index is 2.32. The molecule has 0 aromatic heterocycles. The van der Waals surface area contributed by atoms with E-state index in [4.69, 9.17) is 4.74 Å². The number of hydrogen-bond donors (Lipinski definition) is 0. The maximum atomic E-state index is 11.8. The second kappa shape index (κ2) is 6.07. The highest BCUT2D eigenvalue weighted by Crippen LogP contribution is 2.23. The topological polar surface area (TPSA) is 55.8 Å². The zero-order valence-corrected chi connectivity index (χ0v) is 11.7. The first-order valence-corrected chi connectivity index (χ1v) is 6.36. The Morgan fingerprint density at radius 2 is 2.00 bits per heavy atom. The minimum atomic E-state index is -0.457. The van der Waals surface area contributed by atoms with E-state index >= 15 is 0 Å². The molecule has 5 heteroatoms. The Morgan fingerprint density at radius 1 is 1.33 bits per heavy atom. The highest BCUT2D eigenvalue weighted by molar-refractivity contribution is 5.69. The van der Waals surface area contributed by atoms with Crippen LogP contribution < -0.4 is 0 Å². The fourth-order valence-corrected chi connectivity index (χ4v) is 1.98. The molecule has 104 valence electrons. The molecule has 0 aromatic rings. The number of ether oxygens (including phenoxy) is 2. The number of likely N-dealkylation sites (tertiary alicyclic amines) is 1. The van der Waals surface area contributed by atoms with Gasteiger partial charge >= 0.3 is 12.1 Å². The van der Waals surface area contributed by atoms with Crippen LogP contribution in [0.2, 0.25) is 0 Å². The maximum Gasteiger partial charge on any atom is 0.410 e. The molecule has 1 amide bonds. The minimum absolute atomic E-state index is 0.189. The minimum Gasteiger partial charge on any atom is -0.469 e. The van der Waals surface area contributed by atoms with E-state index in [0.29, 0.717) is 25.4 Å². The predicted octanol–water partition coefficient (Wildman–Crippen LogP) is 2.20. The van der Waals surface area contributed by atoms with E-state index in [1.807, 2.05) is 20.8 Å². The van der Waals surface area contributed by atoms with E-state index in [1.165, 1.54) is 7.11 Å². The van der Waals surface area contributed by atoms with Crippen LogP contribution >= 0.6 is 0 Å². The molecule has 0 saturated carbocycles. The van der Waals surface area contributed by atoms with Gasteiger partial charge in [0.15, 0.2) is 0 Å². The van der Waals surface area contributed by atoms with Gasteiger partial charge in [-0.3, -0.25) is 4.79 Å². The van der Waals surface area contributed by atoms with Crippen molar-refractivity contribution >= 4 is 12.1 Å². The third kappa shape index (κ3) is 4.94. The van der Waals surface area contributed by atoms with Gasteiger partial charge in [0.1, 0.15) is 5.60 Å². The number of esters is 1. The number of amides is 1. The summed E-state index contributed by atoms with van der Waals surface area (Å²) in [6.45, 7) is 6.95. The first-order chi connectivity index (χ1) is 8.31. The van der Waals surface area contributed by atoms with Crippen molar-refractivity contribution in [3.05, 3.63) is 0 Å². The van der Waals surface area contributed by atoms with E-state index in [9.17, 15) is 9.59 Å². The Labute approximate surface area is 108 Å². The predicted molar refractivity (Wildman–Crippen MR) is 67.2 cm³/mol. The summed E-state index contributed by atoms with van der Waals surface area (Å²) in [6.07, 6.45) is 1.86. The summed E-state index contributed by atoms with van der Waals surface area (Å²) in [6, 6.07) is 0. The smallest absolute Gasteiger partial charge is 0.410 e. The molecular formula is C13H23NO4. The molecule has 0 N–H and O–H groups in total. The molecule has 0 spiro atoms. The standard InChI is InChI=1S/C13H23NO4/c1-13(2,3)18-12(16)14-8-7-10(9-14)5-6-11(15)17-4/h10H,5-9H2,1-4H3. The second-order valence-corrected chi connectivity index (χ2v) is 5.70. The van der Waals surface area contributed by atoms with Crippen LogP contribution in [0.1, 0.15) is 40.0 Å². The van der Waals surface area contributed by atoms with Crippen molar-refractivity contribution in [1.82, 2.24) is 4.90 Å². The number of carbonyl (C=O) groups is 2. The van der Waals surface area contributed by atoms with Gasteiger partial charge in [-0.15, -0.1) is 0 Å². The number of carbonyl (C=O) groups excluding carboxylic acids is 2. The maximum absolute atomic E-state index is 11.8. The quantitative estimate of drug-likeness (QED) is 0.727. The molecule has 1 rings (SSSR count). The monoisotopic (exact) mass is 257 g/mol. The Hall–Kier alpha value is -1.26. The molecule has 5 nitrogen and oxygen atoms in total. The van der Waals surface area contributed by atoms with E-state index in [-0.39, 0.29) is 12.1 Å². The van der Waals surface area contributed by atoms with Crippen molar-refractivity contribution in [2.45, 2.75) is 45.6 Å². The highest BCUT2D eigenvalue weighted by atomic mass is 16.6. The van der Waals surface area contributed by atoms with Gasteiger partial charge in [0.05, 0.1) is 7.11 Å². The van der Waals surface area contributed by atoms with Crippen LogP contribution in [0.3, 0.4) is 0 Å². The number of nitrogens with zero attached hydrogens (tertiary/aromatic N) is 1. The molecule has 1 saturated heterocycles. The first kappa shape index (κ1) is 14.8. The molecule has 1 aliphatic heterocycles. The third-order valence-corrected chi connectivity index (χ3v) is 2.92. The van der Waals surface area contributed by atoms with Crippen LogP contribution in [-0.4, -0.2) is 42.8 Å². The molecule has 18 heavy (non-hydrogen) atoms. The van der Waals surface area contributed by atoms with Crippen molar-refractivity contribution in [3.8, 4) is 0 Å². The molecule has 1 aliphatic rings. The van der Waals surface area contributed by atoms with Crippen molar-refractivity contribution in [1.29, 1.82) is 0 Å². The van der Waals surface area contributed by atoms with Crippen LogP contribution in [0.15, 0.2) is 0 Å². The van der Waals surface area contributed by atoms with E-state index in [1.54, 1.807) is 4.90 Å². The summed E-state index contributed by atoms with van der Waals surface area (Å²) in [7, 11) is 1.39. The average molecular weight is 257 g/mol. The molecular weight excluding hydrogens is 234 g/mol. The summed E-state index contributed by atoms with van der Waals surface area (Å²) in [5, 5.41) is 0. The van der Waals surface area contributed by atoms with Gasteiger partial charge in [0.2, 0.25) is 0 Å². The number of rotatable bonds is 3. The zero-order chi connectivity index (χ0) is 13.8. The van der Waals surface area contributed by atoms with Crippen LogP contribution in [0, 0.1) is 5.92 Å². The lowest BCUT2D eigenvalue weighted by molar-refractivity contribution is -0.140. The third-order valence-electron chi connectivity index (χ3n) is 2.92. The average Bonchev–Trinajstić information content (AvgIpc) is 2.72. The number of hydrogen-bond acceptors (Lipinski definition) is 4. The molecule has 1 heterocycles. The molecule has 1 atom stereocenters. The van der Waals surface area contributed by atoms with Crippen molar-refractivity contribution in [2.24, 2.45) is 5.92 Å². The lowest BCUT2D eigenvalue weighted by Gasteiger charge is -2.24. The van der Waals surface area contributed by atoms with E-state index in [0.717, 1.165) is 12.8 Å². The van der Waals surface area contributed by atoms with Gasteiger partial charge < -0.3 is 14.4 Å². The fourth-order valence-electron chi connectivity index (χ4n) is 1.98. The zero-order valence-electron chi connectivity index (χ0n) is 11.7. The first-order valence-electron chi connectivity index (χ1n) is 6.36. The van der Waals surface area contributed by atoms with Gasteiger partial charge in [-0.1, -0.05) is 0 Å². The van der Waals surface area contributed by atoms with Gasteiger partial charge in [-0.05, 0) is 39.5 Å². The largest absolute Gasteiger partial charge is 0.469 e. The molecule has 1 unspecified atom stereocenters. The summed E-state index contributed by atoms with van der Waals surface area (Å²) in [4.78, 5) is 24.6. The van der Waals surface area contributed by atoms with Crippen molar-refractivity contribution in [2.75, 3.05) is 20.2 Å². The summed E-state index contributed by atoms with van der Waals surface area (Å²) < 4.78 is 9.92. The molecule has 0 aliphatic carbocycles. The van der Waals surface area contributed by atoms with Crippen LogP contribution in [-0.2, 0) is 14.3 Å². The Morgan fingerprint density at radius 3 is 2.56 bits per heavy atom. The van der Waals surface area contributed by atoms with E-state index < -0.39 is 5.60 Å². The fraction of sp³-hybridized carbons (Fsp3) is 0.846. The van der Waals surface area contributed by atoms with Crippen LogP contribution in [0.4, 0.5) is 4.79 Å². The number of methoxy groups -OCH3 is 1. The Kier molecular flexibility index (Phi) is 4.99. The SMILES string of the molecule is COC(=O)CCC1CCN(C(=O)OC(C)(C)C)C1. The lowest BCUT2D eigenvalue weighted by Crippen LogP contribution is -2.35. The van der Waals surface area contributed by atoms with Crippen LogP contribution in [0.5, 0.6) is 0 Å². The van der Waals surface area contributed by atoms with E-state index in [2.05, 4.69) is 4.74 Å². The van der Waals surface area contributed by atoms with Gasteiger partial charge in [0, 0.05) is 19.5 Å². The summed E-state index contributed by atoms with van der Waals surface area (Å²) >= 11 is 0. The lowest BCUT2D eigenvalue weighted by atomic mass is 10.0. The van der Waals surface area contributed by atoms with Crippen molar-refractivity contribution in [3.63, 3.8) is 0 Å². The molecule has 0 aromatic carbocycles. The molecule has 1 fully saturated rings. The molecule has 0 radical (unpaired) electrons. The van der Waals surface area contributed by atoms with Gasteiger partial charge in [0.25, 0.3) is 0 Å². The van der Waals surface area contributed by atoms with Crippen LogP contribution in [0.25, 0.3) is 0 Å². The highest BCUT2D eigenvalue weighted by Gasteiger charge is 2.29. The Bertz CT molecular complexity index is 309. The normalized spacial score (nSPS) is 19.8. The molecule has 0 bridgehead atoms. The summed E-state index contributed by atoms with van der Waals surface area (Å²) in [5.74, 6) is 0.183.